The quantitative estimate of drug-likeness (QED) is 0.629. The molecular weight excluding hydrogens is 375 g/mol. The number of rotatable bonds is 6. The molecule has 2 N–H and O–H groups in total. The van der Waals surface area contributed by atoms with Crippen LogP contribution in [0.4, 0.5) is 13.2 Å². The van der Waals surface area contributed by atoms with Gasteiger partial charge in [-0.05, 0) is 43.0 Å². The smallest absolute Gasteiger partial charge is 0.348 e. The lowest BCUT2D eigenvalue weighted by molar-refractivity contribution is -0.134. The van der Waals surface area contributed by atoms with E-state index in [1.54, 1.807) is 0 Å². The van der Waals surface area contributed by atoms with Crippen LogP contribution >= 0.6 is 11.3 Å². The maximum Gasteiger partial charge on any atom is 0.425 e. The molecule has 2 heterocycles. The molecule has 1 aliphatic carbocycles. The summed E-state index contributed by atoms with van der Waals surface area (Å²) in [7, 11) is 0. The SMILES string of the molecule is O=C(CCc1nc2ccccc2[nH]1)NC(c1ccc(C(F)(F)F)s1)C1CC1. The van der Waals surface area contributed by atoms with Crippen molar-refractivity contribution in [1.82, 2.24) is 15.3 Å². The summed E-state index contributed by atoms with van der Waals surface area (Å²) in [6, 6.07) is 9.86. The summed E-state index contributed by atoms with van der Waals surface area (Å²) in [6.07, 6.45) is -1.81. The Balaban J connectivity index is 1.40. The van der Waals surface area contributed by atoms with Crippen LogP contribution in [0.15, 0.2) is 36.4 Å². The molecule has 0 spiro atoms. The summed E-state index contributed by atoms with van der Waals surface area (Å²) in [5, 5.41) is 2.93. The number of halogens is 3. The minimum Gasteiger partial charge on any atom is -0.348 e. The molecule has 3 aromatic rings. The molecule has 4 nitrogen and oxygen atoms in total. The molecule has 1 amide bonds. The van der Waals surface area contributed by atoms with Crippen molar-refractivity contribution in [2.45, 2.75) is 37.9 Å². The average molecular weight is 393 g/mol. The van der Waals surface area contributed by atoms with Gasteiger partial charge in [0, 0.05) is 17.7 Å². The van der Waals surface area contributed by atoms with Crippen molar-refractivity contribution in [1.29, 1.82) is 0 Å². The number of nitrogens with one attached hydrogen (secondary N) is 2. The molecule has 4 rings (SSSR count). The van der Waals surface area contributed by atoms with E-state index in [9.17, 15) is 18.0 Å². The lowest BCUT2D eigenvalue weighted by atomic mass is 10.1. The fourth-order valence-corrected chi connectivity index (χ4v) is 4.14. The van der Waals surface area contributed by atoms with Crippen molar-refractivity contribution < 1.29 is 18.0 Å². The predicted octanol–water partition coefficient (Wildman–Crippen LogP) is 4.84. The number of benzene rings is 1. The van der Waals surface area contributed by atoms with Gasteiger partial charge in [-0.1, -0.05) is 12.1 Å². The fourth-order valence-electron chi connectivity index (χ4n) is 3.12. The third-order valence-electron chi connectivity index (χ3n) is 4.65. The summed E-state index contributed by atoms with van der Waals surface area (Å²) in [5.74, 6) is 0.777. The summed E-state index contributed by atoms with van der Waals surface area (Å²) in [4.78, 5) is 19.9. The number of aromatic nitrogens is 2. The number of H-pyrrole nitrogens is 1. The Kier molecular flexibility index (Phi) is 4.67. The number of aromatic amines is 1. The van der Waals surface area contributed by atoms with E-state index in [2.05, 4.69) is 15.3 Å². The van der Waals surface area contributed by atoms with Crippen molar-refractivity contribution >= 4 is 28.3 Å². The summed E-state index contributed by atoms with van der Waals surface area (Å²) in [5.41, 5.74) is 1.77. The first-order valence-corrected chi connectivity index (χ1v) is 9.62. The molecule has 1 aromatic carbocycles. The maximum atomic E-state index is 12.9. The number of imidazole rings is 1. The topological polar surface area (TPSA) is 57.8 Å². The molecule has 1 atom stereocenters. The fraction of sp³-hybridized carbons (Fsp3) is 0.368. The van der Waals surface area contributed by atoms with Gasteiger partial charge in [0.1, 0.15) is 10.7 Å². The highest BCUT2D eigenvalue weighted by Crippen LogP contribution is 2.45. The van der Waals surface area contributed by atoms with Crippen LogP contribution < -0.4 is 5.32 Å². The zero-order chi connectivity index (χ0) is 19.0. The summed E-state index contributed by atoms with van der Waals surface area (Å²) in [6.45, 7) is 0. The Morgan fingerprint density at radius 2 is 2.04 bits per heavy atom. The van der Waals surface area contributed by atoms with Crippen LogP contribution in [0.1, 0.15) is 40.9 Å². The molecule has 0 saturated heterocycles. The van der Waals surface area contributed by atoms with E-state index in [0.717, 1.165) is 47.1 Å². The third kappa shape index (κ3) is 4.16. The lowest BCUT2D eigenvalue weighted by Gasteiger charge is -2.17. The van der Waals surface area contributed by atoms with Crippen LogP contribution in [0.3, 0.4) is 0 Å². The number of nitrogens with zero attached hydrogens (tertiary/aromatic N) is 1. The number of alkyl halides is 3. The largest absolute Gasteiger partial charge is 0.425 e. The normalized spacial score (nSPS) is 15.8. The molecule has 1 fully saturated rings. The first-order chi connectivity index (χ1) is 12.9. The summed E-state index contributed by atoms with van der Waals surface area (Å²) < 4.78 is 38.6. The minimum atomic E-state index is -4.34. The van der Waals surface area contributed by atoms with E-state index >= 15 is 0 Å². The van der Waals surface area contributed by atoms with Gasteiger partial charge in [-0.2, -0.15) is 13.2 Å². The molecule has 0 aliphatic heterocycles. The number of carbonyl (C=O) groups is 1. The van der Waals surface area contributed by atoms with Crippen molar-refractivity contribution in [2.24, 2.45) is 5.92 Å². The highest BCUT2D eigenvalue weighted by Gasteiger charge is 2.37. The first kappa shape index (κ1) is 18.0. The van der Waals surface area contributed by atoms with Crippen molar-refractivity contribution in [2.75, 3.05) is 0 Å². The number of para-hydroxylation sites is 2. The van der Waals surface area contributed by atoms with Gasteiger partial charge in [-0.25, -0.2) is 4.98 Å². The number of fused-ring (bicyclic) bond motifs is 1. The van der Waals surface area contributed by atoms with E-state index in [4.69, 9.17) is 0 Å². The summed E-state index contributed by atoms with van der Waals surface area (Å²) >= 11 is 0.717. The second-order valence-electron chi connectivity index (χ2n) is 6.78. The average Bonchev–Trinajstić information content (AvgIpc) is 3.18. The van der Waals surface area contributed by atoms with Crippen molar-refractivity contribution in [3.8, 4) is 0 Å². The van der Waals surface area contributed by atoms with E-state index in [0.29, 0.717) is 11.3 Å². The molecule has 142 valence electrons. The monoisotopic (exact) mass is 393 g/mol. The highest BCUT2D eigenvalue weighted by atomic mass is 32.1. The minimum absolute atomic E-state index is 0.172. The van der Waals surface area contributed by atoms with Crippen molar-refractivity contribution in [3.05, 3.63) is 52.0 Å². The first-order valence-electron chi connectivity index (χ1n) is 8.80. The number of amides is 1. The van der Waals surface area contributed by atoms with Gasteiger partial charge >= 0.3 is 6.18 Å². The lowest BCUT2D eigenvalue weighted by Crippen LogP contribution is -2.29. The number of hydrogen-bond donors (Lipinski definition) is 2. The molecule has 1 unspecified atom stereocenters. The Hall–Kier alpha value is -2.35. The van der Waals surface area contributed by atoms with Gasteiger partial charge in [0.25, 0.3) is 0 Å². The Bertz CT molecular complexity index is 925. The van der Waals surface area contributed by atoms with Gasteiger partial charge in [-0.15, -0.1) is 11.3 Å². The third-order valence-corrected chi connectivity index (χ3v) is 5.86. The molecule has 1 saturated carbocycles. The van der Waals surface area contributed by atoms with Gasteiger partial charge < -0.3 is 10.3 Å². The number of carbonyl (C=O) groups excluding carboxylic acids is 1. The Labute approximate surface area is 157 Å². The predicted molar refractivity (Wildman–Crippen MR) is 97.3 cm³/mol. The number of thiophene rings is 1. The molecule has 27 heavy (non-hydrogen) atoms. The molecule has 2 aromatic heterocycles. The number of hydrogen-bond acceptors (Lipinski definition) is 3. The van der Waals surface area contributed by atoms with E-state index in [-0.39, 0.29) is 24.3 Å². The van der Waals surface area contributed by atoms with Gasteiger partial charge in [-0.3, -0.25) is 4.79 Å². The zero-order valence-electron chi connectivity index (χ0n) is 14.3. The van der Waals surface area contributed by atoms with Crippen LogP contribution in [-0.4, -0.2) is 15.9 Å². The standard InChI is InChI=1S/C19H18F3N3OS/c20-19(21,22)15-8-7-14(27-15)18(11-5-6-11)25-17(26)10-9-16-23-12-3-1-2-4-13(12)24-16/h1-4,7-8,11,18H,5-6,9-10H2,(H,23,24)(H,25,26). The number of aryl methyl sites for hydroxylation is 1. The second-order valence-corrected chi connectivity index (χ2v) is 7.90. The van der Waals surface area contributed by atoms with Crippen molar-refractivity contribution in [3.63, 3.8) is 0 Å². The molecule has 8 heteroatoms. The van der Waals surface area contributed by atoms with Gasteiger partial charge in [0.2, 0.25) is 5.91 Å². The Morgan fingerprint density at radius 3 is 2.70 bits per heavy atom. The maximum absolute atomic E-state index is 12.9. The van der Waals surface area contributed by atoms with E-state index in [1.165, 1.54) is 6.07 Å². The highest BCUT2D eigenvalue weighted by molar-refractivity contribution is 7.12. The van der Waals surface area contributed by atoms with Gasteiger partial charge in [0.15, 0.2) is 0 Å². The molecular formula is C19H18F3N3OS. The van der Waals surface area contributed by atoms with E-state index in [1.807, 2.05) is 24.3 Å². The molecule has 1 aliphatic rings. The van der Waals surface area contributed by atoms with Crippen LogP contribution in [0.5, 0.6) is 0 Å². The zero-order valence-corrected chi connectivity index (χ0v) is 15.2. The van der Waals surface area contributed by atoms with E-state index < -0.39 is 11.1 Å². The van der Waals surface area contributed by atoms with Crippen LogP contribution in [0, 0.1) is 5.92 Å². The van der Waals surface area contributed by atoms with Gasteiger partial charge in [0.05, 0.1) is 17.1 Å². The second kappa shape index (κ2) is 6.99. The van der Waals surface area contributed by atoms with Crippen LogP contribution in [-0.2, 0) is 17.4 Å². The Morgan fingerprint density at radius 1 is 1.26 bits per heavy atom. The van der Waals surface area contributed by atoms with Crippen LogP contribution in [0.25, 0.3) is 11.0 Å². The molecule has 0 radical (unpaired) electrons. The molecule has 0 bridgehead atoms. The van der Waals surface area contributed by atoms with Crippen LogP contribution in [0.2, 0.25) is 0 Å².